The highest BCUT2D eigenvalue weighted by atomic mass is 16.4. The van der Waals surface area contributed by atoms with Gasteiger partial charge in [0.05, 0.1) is 0 Å². The third-order valence-electron chi connectivity index (χ3n) is 4.32. The van der Waals surface area contributed by atoms with Crippen LogP contribution in [0.5, 0.6) is 0 Å². The standard InChI is InChI=1S/C15H29N3O3/c1-4-8-15(3,13(19)20)17-14(21)16-11-12-6-9-18(5-2)10-7-12/h12H,4-11H2,1-3H3,(H,19,20)(H2,16,17,21). The highest BCUT2D eigenvalue weighted by Gasteiger charge is 2.33. The molecule has 0 saturated carbocycles. The predicted octanol–water partition coefficient (Wildman–Crippen LogP) is 1.66. The second-order valence-corrected chi connectivity index (χ2v) is 6.10. The molecule has 1 heterocycles. The molecule has 1 fully saturated rings. The number of amides is 2. The first-order valence-electron chi connectivity index (χ1n) is 7.93. The molecule has 1 rings (SSSR count). The Morgan fingerprint density at radius 1 is 1.29 bits per heavy atom. The van der Waals surface area contributed by atoms with E-state index >= 15 is 0 Å². The van der Waals surface area contributed by atoms with Crippen molar-refractivity contribution in [1.82, 2.24) is 15.5 Å². The molecule has 0 radical (unpaired) electrons. The van der Waals surface area contributed by atoms with Crippen LogP contribution >= 0.6 is 0 Å². The minimum atomic E-state index is -1.19. The van der Waals surface area contributed by atoms with Crippen molar-refractivity contribution in [3.63, 3.8) is 0 Å². The summed E-state index contributed by atoms with van der Waals surface area (Å²) in [7, 11) is 0. The topological polar surface area (TPSA) is 81.7 Å². The van der Waals surface area contributed by atoms with Gasteiger partial charge in [-0.1, -0.05) is 20.3 Å². The van der Waals surface area contributed by atoms with Crippen molar-refractivity contribution < 1.29 is 14.7 Å². The Hall–Kier alpha value is -1.30. The Morgan fingerprint density at radius 3 is 2.38 bits per heavy atom. The first-order chi connectivity index (χ1) is 9.91. The summed E-state index contributed by atoms with van der Waals surface area (Å²) < 4.78 is 0. The number of piperidine rings is 1. The summed E-state index contributed by atoms with van der Waals surface area (Å²) in [6, 6.07) is -0.383. The van der Waals surface area contributed by atoms with Gasteiger partial charge in [-0.05, 0) is 51.7 Å². The fourth-order valence-corrected chi connectivity index (χ4v) is 2.76. The Labute approximate surface area is 127 Å². The van der Waals surface area contributed by atoms with Crippen molar-refractivity contribution in [3.05, 3.63) is 0 Å². The van der Waals surface area contributed by atoms with Crippen LogP contribution in [0.25, 0.3) is 0 Å². The van der Waals surface area contributed by atoms with Crippen LogP contribution in [0.3, 0.4) is 0 Å². The molecule has 0 aromatic carbocycles. The van der Waals surface area contributed by atoms with E-state index in [4.69, 9.17) is 0 Å². The van der Waals surface area contributed by atoms with Crippen LogP contribution in [0.15, 0.2) is 0 Å². The van der Waals surface area contributed by atoms with Crippen LogP contribution in [-0.4, -0.2) is 53.7 Å². The Bertz CT molecular complexity index is 354. The van der Waals surface area contributed by atoms with Gasteiger partial charge >= 0.3 is 12.0 Å². The summed E-state index contributed by atoms with van der Waals surface area (Å²) in [5.41, 5.74) is -1.19. The van der Waals surface area contributed by atoms with Crippen LogP contribution < -0.4 is 10.6 Å². The molecule has 6 heteroatoms. The smallest absolute Gasteiger partial charge is 0.329 e. The summed E-state index contributed by atoms with van der Waals surface area (Å²) in [6.45, 7) is 9.47. The zero-order valence-corrected chi connectivity index (χ0v) is 13.4. The van der Waals surface area contributed by atoms with Gasteiger partial charge in [0.25, 0.3) is 0 Å². The van der Waals surface area contributed by atoms with Gasteiger partial charge in [-0.3, -0.25) is 0 Å². The molecule has 1 atom stereocenters. The first kappa shape index (κ1) is 17.8. The number of hydrogen-bond acceptors (Lipinski definition) is 3. The Balaban J connectivity index is 2.35. The highest BCUT2D eigenvalue weighted by Crippen LogP contribution is 2.16. The van der Waals surface area contributed by atoms with E-state index in [2.05, 4.69) is 22.5 Å². The van der Waals surface area contributed by atoms with Gasteiger partial charge < -0.3 is 20.6 Å². The number of hydrogen-bond donors (Lipinski definition) is 3. The van der Waals surface area contributed by atoms with E-state index in [1.165, 1.54) is 0 Å². The Morgan fingerprint density at radius 2 is 1.90 bits per heavy atom. The number of carboxylic acid groups (broad SMARTS) is 1. The van der Waals surface area contributed by atoms with Gasteiger partial charge in [0.2, 0.25) is 0 Å². The quantitative estimate of drug-likeness (QED) is 0.668. The Kier molecular flexibility index (Phi) is 6.95. The molecular weight excluding hydrogens is 270 g/mol. The maximum Gasteiger partial charge on any atom is 0.329 e. The van der Waals surface area contributed by atoms with Crippen molar-refractivity contribution in [1.29, 1.82) is 0 Å². The number of carbonyl (C=O) groups excluding carboxylic acids is 1. The fraction of sp³-hybridized carbons (Fsp3) is 0.867. The minimum Gasteiger partial charge on any atom is -0.480 e. The van der Waals surface area contributed by atoms with Gasteiger partial charge in [-0.2, -0.15) is 0 Å². The van der Waals surface area contributed by atoms with E-state index in [1.54, 1.807) is 6.92 Å². The van der Waals surface area contributed by atoms with E-state index in [1.807, 2.05) is 6.92 Å². The second kappa shape index (κ2) is 8.22. The average molecular weight is 299 g/mol. The van der Waals surface area contributed by atoms with Gasteiger partial charge in [0.1, 0.15) is 5.54 Å². The SMILES string of the molecule is CCCC(C)(NC(=O)NCC1CCN(CC)CC1)C(=O)O. The number of aliphatic carboxylic acids is 1. The lowest BCUT2D eigenvalue weighted by Crippen LogP contribution is -2.55. The zero-order chi connectivity index (χ0) is 15.9. The predicted molar refractivity (Wildman–Crippen MR) is 82.3 cm³/mol. The molecule has 122 valence electrons. The summed E-state index contributed by atoms with van der Waals surface area (Å²) in [5, 5.41) is 14.7. The summed E-state index contributed by atoms with van der Waals surface area (Å²) in [6.07, 6.45) is 3.29. The molecule has 1 saturated heterocycles. The van der Waals surface area contributed by atoms with Crippen LogP contribution in [0.4, 0.5) is 4.79 Å². The van der Waals surface area contributed by atoms with Gasteiger partial charge in [0, 0.05) is 6.54 Å². The number of nitrogens with one attached hydrogen (secondary N) is 2. The van der Waals surface area contributed by atoms with E-state index in [9.17, 15) is 14.7 Å². The minimum absolute atomic E-state index is 0.383. The number of carbonyl (C=O) groups is 2. The van der Waals surface area contributed by atoms with Crippen molar-refractivity contribution in [2.45, 2.75) is 52.0 Å². The van der Waals surface area contributed by atoms with E-state index in [0.717, 1.165) is 32.5 Å². The largest absolute Gasteiger partial charge is 0.480 e. The molecule has 6 nitrogen and oxygen atoms in total. The monoisotopic (exact) mass is 299 g/mol. The van der Waals surface area contributed by atoms with Gasteiger partial charge in [-0.25, -0.2) is 9.59 Å². The maximum absolute atomic E-state index is 11.9. The zero-order valence-electron chi connectivity index (χ0n) is 13.4. The first-order valence-corrected chi connectivity index (χ1v) is 7.93. The van der Waals surface area contributed by atoms with Crippen LogP contribution in [0.1, 0.15) is 46.5 Å². The highest BCUT2D eigenvalue weighted by molar-refractivity contribution is 5.85. The maximum atomic E-state index is 11.9. The second-order valence-electron chi connectivity index (χ2n) is 6.10. The van der Waals surface area contributed by atoms with Crippen molar-refractivity contribution in [3.8, 4) is 0 Å². The van der Waals surface area contributed by atoms with E-state index in [-0.39, 0.29) is 6.03 Å². The molecule has 3 N–H and O–H groups in total. The number of nitrogens with zero attached hydrogens (tertiary/aromatic N) is 1. The molecule has 21 heavy (non-hydrogen) atoms. The molecule has 0 aliphatic carbocycles. The number of likely N-dealkylation sites (tertiary alicyclic amines) is 1. The molecule has 0 spiro atoms. The third-order valence-corrected chi connectivity index (χ3v) is 4.32. The summed E-state index contributed by atoms with van der Waals surface area (Å²) in [5.74, 6) is -0.503. The summed E-state index contributed by atoms with van der Waals surface area (Å²) >= 11 is 0. The van der Waals surface area contributed by atoms with Crippen molar-refractivity contribution in [2.75, 3.05) is 26.2 Å². The van der Waals surface area contributed by atoms with Gasteiger partial charge in [-0.15, -0.1) is 0 Å². The lowest BCUT2D eigenvalue weighted by atomic mass is 9.96. The van der Waals surface area contributed by atoms with Crippen LogP contribution in [0, 0.1) is 5.92 Å². The van der Waals surface area contributed by atoms with Crippen molar-refractivity contribution >= 4 is 12.0 Å². The third kappa shape index (κ3) is 5.53. The molecule has 0 bridgehead atoms. The fourth-order valence-electron chi connectivity index (χ4n) is 2.76. The molecule has 0 aromatic heterocycles. The normalized spacial score (nSPS) is 19.8. The molecular formula is C15H29N3O3. The van der Waals surface area contributed by atoms with Crippen LogP contribution in [-0.2, 0) is 4.79 Å². The molecule has 1 aliphatic rings. The molecule has 2 amide bonds. The van der Waals surface area contributed by atoms with Crippen LogP contribution in [0.2, 0.25) is 0 Å². The van der Waals surface area contributed by atoms with Gasteiger partial charge in [0.15, 0.2) is 0 Å². The number of carboxylic acids is 1. The number of rotatable bonds is 7. The van der Waals surface area contributed by atoms with E-state index in [0.29, 0.717) is 25.3 Å². The molecule has 1 aliphatic heterocycles. The van der Waals surface area contributed by atoms with Crippen molar-refractivity contribution in [2.24, 2.45) is 5.92 Å². The number of urea groups is 1. The lowest BCUT2D eigenvalue weighted by molar-refractivity contribution is -0.144. The summed E-state index contributed by atoms with van der Waals surface area (Å²) in [4.78, 5) is 25.6. The molecule has 1 unspecified atom stereocenters. The average Bonchev–Trinajstić information content (AvgIpc) is 2.45. The van der Waals surface area contributed by atoms with E-state index < -0.39 is 11.5 Å². The lowest BCUT2D eigenvalue weighted by Gasteiger charge is -2.31. The molecule has 0 aromatic rings.